The van der Waals surface area contributed by atoms with Crippen molar-refractivity contribution in [2.75, 3.05) is 0 Å². The molecule has 0 saturated carbocycles. The van der Waals surface area contributed by atoms with Crippen molar-refractivity contribution in [2.24, 2.45) is 0 Å². The molecule has 0 aliphatic rings. The van der Waals surface area contributed by atoms with Crippen LogP contribution in [-0.4, -0.2) is 16.7 Å². The van der Waals surface area contributed by atoms with E-state index in [1.807, 2.05) is 66.7 Å². The number of allylic oxidation sites excluding steroid dienone is 2. The topological polar surface area (TPSA) is 54.4 Å². The van der Waals surface area contributed by atoms with Crippen molar-refractivity contribution in [3.63, 3.8) is 0 Å². The molecule has 4 aromatic carbocycles. The Kier molecular flexibility index (Phi) is 6.72. The Morgan fingerprint density at radius 1 is 0.515 bits per heavy atom. The van der Waals surface area contributed by atoms with Crippen LogP contribution in [0.3, 0.4) is 0 Å². The molecule has 160 valence electrons. The summed E-state index contributed by atoms with van der Waals surface area (Å²) in [4.78, 5) is 27.4. The van der Waals surface area contributed by atoms with Crippen LogP contribution in [0.5, 0.6) is 5.75 Å². The molecule has 0 atom stereocenters. The minimum Gasteiger partial charge on any atom is -0.507 e. The van der Waals surface area contributed by atoms with Crippen molar-refractivity contribution >= 4 is 23.7 Å². The molecule has 4 rings (SSSR count). The van der Waals surface area contributed by atoms with Gasteiger partial charge in [-0.3, -0.25) is 9.59 Å². The van der Waals surface area contributed by atoms with Gasteiger partial charge in [0.1, 0.15) is 5.75 Å². The second kappa shape index (κ2) is 10.2. The van der Waals surface area contributed by atoms with Gasteiger partial charge in [0, 0.05) is 16.7 Å². The Bertz CT molecular complexity index is 1320. The van der Waals surface area contributed by atoms with Gasteiger partial charge >= 0.3 is 0 Å². The van der Waals surface area contributed by atoms with E-state index in [0.29, 0.717) is 5.56 Å². The Balaban J connectivity index is 1.94. The predicted molar refractivity (Wildman–Crippen MR) is 132 cm³/mol. The molecular weight excluding hydrogens is 408 g/mol. The van der Waals surface area contributed by atoms with Crippen molar-refractivity contribution in [3.8, 4) is 5.75 Å². The zero-order valence-corrected chi connectivity index (χ0v) is 17.9. The lowest BCUT2D eigenvalue weighted by Crippen LogP contribution is -2.13. The molecule has 0 amide bonds. The minimum atomic E-state index is -0.427. The maximum absolute atomic E-state index is 13.7. The summed E-state index contributed by atoms with van der Waals surface area (Å²) in [5.74, 6) is -0.832. The van der Waals surface area contributed by atoms with Crippen LogP contribution in [0.1, 0.15) is 31.8 Å². The van der Waals surface area contributed by atoms with Crippen molar-refractivity contribution in [3.05, 3.63) is 149 Å². The van der Waals surface area contributed by atoms with Crippen LogP contribution in [0.2, 0.25) is 0 Å². The third-order valence-corrected chi connectivity index (χ3v) is 5.19. The highest BCUT2D eigenvalue weighted by atomic mass is 16.3. The number of Topliss-reactive ketones (excluding diaryl/α,β-unsaturated/α-hetero) is 2. The fourth-order valence-corrected chi connectivity index (χ4v) is 3.52. The third kappa shape index (κ3) is 5.23. The molecule has 33 heavy (non-hydrogen) atoms. The van der Waals surface area contributed by atoms with Gasteiger partial charge in [-0.15, -0.1) is 0 Å². The lowest BCUT2D eigenvalue weighted by molar-refractivity contribution is 0.0997. The number of benzene rings is 4. The van der Waals surface area contributed by atoms with Crippen LogP contribution in [0.25, 0.3) is 12.2 Å². The maximum Gasteiger partial charge on any atom is 0.197 e. The summed E-state index contributed by atoms with van der Waals surface area (Å²) in [6, 6.07) is 34.0. The van der Waals surface area contributed by atoms with Crippen LogP contribution < -0.4 is 0 Å². The van der Waals surface area contributed by atoms with Crippen molar-refractivity contribution in [1.29, 1.82) is 0 Å². The van der Waals surface area contributed by atoms with E-state index < -0.39 is 5.78 Å². The highest BCUT2D eigenvalue weighted by molar-refractivity contribution is 6.26. The normalized spacial score (nSPS) is 11.8. The van der Waals surface area contributed by atoms with Gasteiger partial charge in [0.05, 0.1) is 5.56 Å². The van der Waals surface area contributed by atoms with Crippen LogP contribution in [0, 0.1) is 0 Å². The first kappa shape index (κ1) is 21.7. The molecule has 0 fully saturated rings. The largest absolute Gasteiger partial charge is 0.507 e. The molecule has 0 spiro atoms. The van der Waals surface area contributed by atoms with Gasteiger partial charge in [0.25, 0.3) is 0 Å². The fourth-order valence-electron chi connectivity index (χ4n) is 3.52. The van der Waals surface area contributed by atoms with E-state index in [0.717, 1.165) is 11.1 Å². The molecule has 0 heterocycles. The number of hydrogen-bond acceptors (Lipinski definition) is 3. The molecule has 0 aliphatic heterocycles. The van der Waals surface area contributed by atoms with Crippen LogP contribution in [-0.2, 0) is 0 Å². The van der Waals surface area contributed by atoms with Gasteiger partial charge in [-0.05, 0) is 35.4 Å². The van der Waals surface area contributed by atoms with Gasteiger partial charge in [0.2, 0.25) is 0 Å². The van der Waals surface area contributed by atoms with E-state index in [4.69, 9.17) is 0 Å². The first-order valence-electron chi connectivity index (χ1n) is 10.6. The summed E-state index contributed by atoms with van der Waals surface area (Å²) in [6.07, 6.45) is 3.42. The number of rotatable bonds is 7. The lowest BCUT2D eigenvalue weighted by atomic mass is 9.88. The number of para-hydroxylation sites is 1. The average Bonchev–Trinajstić information content (AvgIpc) is 2.87. The second-order valence-corrected chi connectivity index (χ2v) is 7.48. The molecule has 0 radical (unpaired) electrons. The van der Waals surface area contributed by atoms with Gasteiger partial charge in [-0.25, -0.2) is 0 Å². The van der Waals surface area contributed by atoms with Gasteiger partial charge in [-0.2, -0.15) is 0 Å². The molecule has 0 aromatic heterocycles. The lowest BCUT2D eigenvalue weighted by Gasteiger charge is -2.13. The Labute approximate surface area is 193 Å². The van der Waals surface area contributed by atoms with Crippen molar-refractivity contribution in [2.45, 2.75) is 0 Å². The molecule has 1 N–H and O–H groups in total. The van der Waals surface area contributed by atoms with E-state index in [-0.39, 0.29) is 28.2 Å². The van der Waals surface area contributed by atoms with E-state index >= 15 is 0 Å². The van der Waals surface area contributed by atoms with E-state index in [2.05, 4.69) is 0 Å². The predicted octanol–water partition coefficient (Wildman–Crippen LogP) is 6.63. The zero-order valence-electron chi connectivity index (χ0n) is 17.9. The number of carbonyl (C=O) groups excluding carboxylic acids is 2. The summed E-state index contributed by atoms with van der Waals surface area (Å²) in [7, 11) is 0. The van der Waals surface area contributed by atoms with E-state index in [9.17, 15) is 14.7 Å². The Hall–Kier alpha value is -4.50. The number of phenols is 1. The number of hydrogen-bond donors (Lipinski definition) is 1. The van der Waals surface area contributed by atoms with Gasteiger partial charge < -0.3 is 5.11 Å². The van der Waals surface area contributed by atoms with Crippen LogP contribution >= 0.6 is 0 Å². The summed E-state index contributed by atoms with van der Waals surface area (Å²) in [5.41, 5.74) is 2.64. The first-order chi connectivity index (χ1) is 16.1. The van der Waals surface area contributed by atoms with Crippen LogP contribution in [0.15, 0.2) is 126 Å². The highest BCUT2D eigenvalue weighted by Gasteiger charge is 2.25. The molecule has 0 unspecified atom stereocenters. The van der Waals surface area contributed by atoms with Crippen LogP contribution in [0.4, 0.5) is 0 Å². The zero-order chi connectivity index (χ0) is 23.0. The Morgan fingerprint density at radius 3 is 1.45 bits per heavy atom. The summed E-state index contributed by atoms with van der Waals surface area (Å²) in [6.45, 7) is 0. The number of ketones is 2. The standard InChI is InChI=1S/C30H22O3/c31-28-19-11-10-18-25(28)30(33)27(21-23-14-6-2-7-15-23)26(20-22-12-4-1-5-13-22)29(32)24-16-8-3-9-17-24/h1-21,31H. The molecule has 3 nitrogen and oxygen atoms in total. The minimum absolute atomic E-state index is 0.132. The van der Waals surface area contributed by atoms with Gasteiger partial charge in [-0.1, -0.05) is 103 Å². The van der Waals surface area contributed by atoms with E-state index in [1.54, 1.807) is 54.6 Å². The summed E-state index contributed by atoms with van der Waals surface area (Å²) < 4.78 is 0. The number of aromatic hydroxyl groups is 1. The number of carbonyl (C=O) groups is 2. The smallest absolute Gasteiger partial charge is 0.197 e. The second-order valence-electron chi connectivity index (χ2n) is 7.48. The van der Waals surface area contributed by atoms with Crippen molar-refractivity contribution < 1.29 is 14.7 Å². The SMILES string of the molecule is O=C(C(=Cc1ccccc1)C(=Cc1ccccc1)C(=O)c1ccccc1O)c1ccccc1. The maximum atomic E-state index is 13.7. The molecule has 0 saturated heterocycles. The number of phenolic OH excluding ortho intramolecular Hbond substituents is 1. The molecule has 0 aliphatic carbocycles. The van der Waals surface area contributed by atoms with Crippen molar-refractivity contribution in [1.82, 2.24) is 0 Å². The fraction of sp³-hybridized carbons (Fsp3) is 0. The van der Waals surface area contributed by atoms with Gasteiger partial charge in [0.15, 0.2) is 11.6 Å². The summed E-state index contributed by atoms with van der Waals surface area (Å²) in [5, 5.41) is 10.4. The summed E-state index contributed by atoms with van der Waals surface area (Å²) >= 11 is 0. The molecular formula is C30H22O3. The Morgan fingerprint density at radius 2 is 0.939 bits per heavy atom. The molecule has 0 bridgehead atoms. The molecule has 3 heteroatoms. The first-order valence-corrected chi connectivity index (χ1v) is 10.6. The monoisotopic (exact) mass is 430 g/mol. The average molecular weight is 431 g/mol. The quantitative estimate of drug-likeness (QED) is 0.203. The highest BCUT2D eigenvalue weighted by Crippen LogP contribution is 2.28. The van der Waals surface area contributed by atoms with E-state index in [1.165, 1.54) is 6.07 Å². The third-order valence-electron chi connectivity index (χ3n) is 5.19. The molecule has 4 aromatic rings.